The number of anilines is 1. The zero-order valence-corrected chi connectivity index (χ0v) is 18.2. The molecule has 0 saturated carbocycles. The number of methoxy groups -OCH3 is 1. The minimum absolute atomic E-state index is 0.566. The van der Waals surface area contributed by atoms with Crippen molar-refractivity contribution in [1.82, 2.24) is 14.7 Å². The largest absolute Gasteiger partial charge is 0.383 e. The van der Waals surface area contributed by atoms with Crippen molar-refractivity contribution in [2.24, 2.45) is 5.73 Å². The van der Waals surface area contributed by atoms with Crippen molar-refractivity contribution in [3.8, 4) is 5.69 Å². The number of aryl methyl sites for hydroxylation is 1. The minimum Gasteiger partial charge on any atom is -0.383 e. The fraction of sp³-hybridized carbons (Fsp3) is 0.333. The van der Waals surface area contributed by atoms with Crippen LogP contribution in [0.15, 0.2) is 66.7 Å². The predicted octanol–water partition coefficient (Wildman–Crippen LogP) is 3.79. The summed E-state index contributed by atoms with van der Waals surface area (Å²) in [5.41, 5.74) is 8.26. The molecule has 2 amide bonds. The quantitative estimate of drug-likeness (QED) is 0.634. The Morgan fingerprint density at radius 2 is 1.84 bits per heavy atom. The lowest BCUT2D eigenvalue weighted by molar-refractivity contribution is 0.160. The topological polar surface area (TPSA) is 85.4 Å². The fourth-order valence-electron chi connectivity index (χ4n) is 3.73. The van der Waals surface area contributed by atoms with Gasteiger partial charge in [0.1, 0.15) is 5.82 Å². The number of hydrogen-bond donors (Lipinski definition) is 2. The van der Waals surface area contributed by atoms with Gasteiger partial charge < -0.3 is 15.4 Å². The molecule has 3 N–H and O–H groups in total. The van der Waals surface area contributed by atoms with Crippen LogP contribution in [0.5, 0.6) is 0 Å². The van der Waals surface area contributed by atoms with Crippen LogP contribution in [0, 0.1) is 6.92 Å². The average Bonchev–Trinajstić information content (AvgIpc) is 3.40. The fourth-order valence-corrected chi connectivity index (χ4v) is 3.73. The van der Waals surface area contributed by atoms with Gasteiger partial charge in [0.2, 0.25) is 0 Å². The van der Waals surface area contributed by atoms with Gasteiger partial charge in [-0.25, -0.2) is 9.48 Å². The third kappa shape index (κ3) is 6.67. The Bertz CT molecular complexity index is 943. The first kappa shape index (κ1) is 22.5. The summed E-state index contributed by atoms with van der Waals surface area (Å²) < 4.78 is 6.74. The maximum atomic E-state index is 10.8. The molecule has 7 nitrogen and oxygen atoms in total. The van der Waals surface area contributed by atoms with Gasteiger partial charge in [0.05, 0.1) is 18.0 Å². The molecular weight excluding hydrogens is 390 g/mol. The summed E-state index contributed by atoms with van der Waals surface area (Å²) in [6, 6.07) is 21.5. The standard InChI is InChI=1S/C13H19NO.C11H12N4O/c1-15-10-9-14-8-7-13(11-14)12-5-3-2-4-6-12;1-8-7-10(13-11(12)16)15(14-8)9-5-3-2-4-6-9/h2-6,13H,7-11H2,1H3;2-7H,1H3,(H3,12,13,16). The van der Waals surface area contributed by atoms with Gasteiger partial charge in [-0.15, -0.1) is 0 Å². The van der Waals surface area contributed by atoms with E-state index in [9.17, 15) is 4.79 Å². The lowest BCUT2D eigenvalue weighted by Crippen LogP contribution is -2.24. The zero-order chi connectivity index (χ0) is 22.1. The van der Waals surface area contributed by atoms with Crippen molar-refractivity contribution in [2.75, 3.05) is 38.7 Å². The second-order valence-electron chi connectivity index (χ2n) is 7.60. The van der Waals surface area contributed by atoms with Crippen LogP contribution in [-0.4, -0.2) is 54.1 Å². The SMILES string of the molecule is COCCN1CCC(c2ccccc2)C1.Cc1cc(NC(N)=O)n(-c2ccccc2)n1. The van der Waals surface area contributed by atoms with Crippen LogP contribution in [0.3, 0.4) is 0 Å². The van der Waals surface area contributed by atoms with Crippen molar-refractivity contribution in [1.29, 1.82) is 0 Å². The normalized spacial score (nSPS) is 15.9. The van der Waals surface area contributed by atoms with E-state index in [1.165, 1.54) is 25.1 Å². The number of carbonyl (C=O) groups is 1. The van der Waals surface area contributed by atoms with Crippen LogP contribution in [-0.2, 0) is 4.74 Å². The highest BCUT2D eigenvalue weighted by atomic mass is 16.5. The van der Waals surface area contributed by atoms with Gasteiger partial charge in [0, 0.05) is 26.3 Å². The number of urea groups is 1. The van der Waals surface area contributed by atoms with Gasteiger partial charge in [-0.2, -0.15) is 5.10 Å². The van der Waals surface area contributed by atoms with Crippen LogP contribution < -0.4 is 11.1 Å². The Kier molecular flexibility index (Phi) is 8.20. The second-order valence-corrected chi connectivity index (χ2v) is 7.60. The molecule has 1 atom stereocenters. The summed E-state index contributed by atoms with van der Waals surface area (Å²) in [7, 11) is 1.77. The lowest BCUT2D eigenvalue weighted by Gasteiger charge is -2.15. The van der Waals surface area contributed by atoms with Crippen molar-refractivity contribution >= 4 is 11.8 Å². The number of rotatable bonds is 6. The number of primary amides is 1. The Balaban J connectivity index is 0.000000176. The van der Waals surface area contributed by atoms with E-state index in [0.29, 0.717) is 5.82 Å². The first-order valence-electron chi connectivity index (χ1n) is 10.5. The molecular formula is C24H31N5O2. The van der Waals surface area contributed by atoms with Gasteiger partial charge in [-0.3, -0.25) is 5.32 Å². The van der Waals surface area contributed by atoms with Crippen molar-refractivity contribution in [3.63, 3.8) is 0 Å². The monoisotopic (exact) mass is 421 g/mol. The van der Waals surface area contributed by atoms with Crippen LogP contribution >= 0.6 is 0 Å². The molecule has 0 aliphatic carbocycles. The Morgan fingerprint density at radius 1 is 1.16 bits per heavy atom. The number of amides is 2. The van der Waals surface area contributed by atoms with Gasteiger partial charge in [-0.05, 0) is 43.5 Å². The number of nitrogens with two attached hydrogens (primary N) is 1. The Hall–Kier alpha value is -3.16. The number of para-hydroxylation sites is 1. The highest BCUT2D eigenvalue weighted by Crippen LogP contribution is 2.26. The number of carbonyl (C=O) groups excluding carboxylic acids is 1. The molecule has 0 radical (unpaired) electrons. The third-order valence-electron chi connectivity index (χ3n) is 5.24. The molecule has 4 rings (SSSR count). The first-order chi connectivity index (χ1) is 15.1. The minimum atomic E-state index is -0.600. The molecule has 1 aromatic heterocycles. The summed E-state index contributed by atoms with van der Waals surface area (Å²) in [4.78, 5) is 13.3. The molecule has 2 aromatic carbocycles. The predicted molar refractivity (Wildman–Crippen MR) is 124 cm³/mol. The van der Waals surface area contributed by atoms with Gasteiger partial charge in [0.25, 0.3) is 0 Å². The highest BCUT2D eigenvalue weighted by Gasteiger charge is 2.22. The number of ether oxygens (including phenoxy) is 1. The molecule has 164 valence electrons. The van der Waals surface area contributed by atoms with Crippen molar-refractivity contribution in [2.45, 2.75) is 19.3 Å². The van der Waals surface area contributed by atoms with Crippen LogP contribution in [0.2, 0.25) is 0 Å². The van der Waals surface area contributed by atoms with Gasteiger partial charge in [-0.1, -0.05) is 48.5 Å². The highest BCUT2D eigenvalue weighted by molar-refractivity contribution is 5.87. The summed E-state index contributed by atoms with van der Waals surface area (Å²) in [6.07, 6.45) is 1.29. The second kappa shape index (κ2) is 11.3. The van der Waals surface area contributed by atoms with E-state index < -0.39 is 6.03 Å². The summed E-state index contributed by atoms with van der Waals surface area (Å²) in [6.45, 7) is 6.17. The summed E-state index contributed by atoms with van der Waals surface area (Å²) in [5, 5.41) is 6.81. The molecule has 1 fully saturated rings. The van der Waals surface area contributed by atoms with Crippen LogP contribution in [0.1, 0.15) is 23.6 Å². The number of hydrogen-bond acceptors (Lipinski definition) is 4. The molecule has 1 aliphatic rings. The molecule has 31 heavy (non-hydrogen) atoms. The van der Waals surface area contributed by atoms with Gasteiger partial charge in [0.15, 0.2) is 0 Å². The van der Waals surface area contributed by atoms with Crippen LogP contribution in [0.4, 0.5) is 10.6 Å². The molecule has 3 aromatic rings. The van der Waals surface area contributed by atoms with E-state index in [0.717, 1.165) is 30.5 Å². The number of aromatic nitrogens is 2. The van der Waals surface area contributed by atoms with Crippen LogP contribution in [0.25, 0.3) is 5.69 Å². The number of nitrogens with zero attached hydrogens (tertiary/aromatic N) is 3. The maximum Gasteiger partial charge on any atom is 0.317 e. The zero-order valence-electron chi connectivity index (χ0n) is 18.2. The number of likely N-dealkylation sites (tertiary alicyclic amines) is 1. The van der Waals surface area contributed by atoms with E-state index in [1.54, 1.807) is 17.9 Å². The smallest absolute Gasteiger partial charge is 0.317 e. The third-order valence-corrected chi connectivity index (χ3v) is 5.24. The average molecular weight is 422 g/mol. The van der Waals surface area contributed by atoms with E-state index >= 15 is 0 Å². The molecule has 1 saturated heterocycles. The molecule has 0 spiro atoms. The van der Waals surface area contributed by atoms with E-state index in [4.69, 9.17) is 10.5 Å². The Morgan fingerprint density at radius 3 is 2.48 bits per heavy atom. The van der Waals surface area contributed by atoms with Gasteiger partial charge >= 0.3 is 6.03 Å². The molecule has 2 heterocycles. The molecule has 1 aliphatic heterocycles. The van der Waals surface area contributed by atoms with E-state index in [1.807, 2.05) is 37.3 Å². The summed E-state index contributed by atoms with van der Waals surface area (Å²) in [5.74, 6) is 1.29. The first-order valence-corrected chi connectivity index (χ1v) is 10.5. The Labute approximate surface area is 183 Å². The van der Waals surface area contributed by atoms with Crippen molar-refractivity contribution < 1.29 is 9.53 Å². The molecule has 0 bridgehead atoms. The lowest BCUT2D eigenvalue weighted by atomic mass is 9.99. The van der Waals surface area contributed by atoms with E-state index in [2.05, 4.69) is 45.6 Å². The van der Waals surface area contributed by atoms with E-state index in [-0.39, 0.29) is 0 Å². The number of benzene rings is 2. The van der Waals surface area contributed by atoms with Crippen molar-refractivity contribution in [3.05, 3.63) is 78.0 Å². The number of nitrogens with one attached hydrogen (secondary N) is 1. The molecule has 1 unspecified atom stereocenters. The summed E-state index contributed by atoms with van der Waals surface area (Å²) >= 11 is 0. The maximum absolute atomic E-state index is 10.8. The molecule has 7 heteroatoms.